The highest BCUT2D eigenvalue weighted by atomic mass is 32.2. The van der Waals surface area contributed by atoms with E-state index in [0.717, 1.165) is 12.4 Å². The highest BCUT2D eigenvalue weighted by molar-refractivity contribution is 8.00. The summed E-state index contributed by atoms with van der Waals surface area (Å²) < 4.78 is 0. The number of hydrogen-bond donors (Lipinski definition) is 2. The fourth-order valence-electron chi connectivity index (χ4n) is 1.08. The van der Waals surface area contributed by atoms with Gasteiger partial charge in [0, 0.05) is 6.54 Å². The lowest BCUT2D eigenvalue weighted by atomic mass is 10.4. The van der Waals surface area contributed by atoms with Crippen molar-refractivity contribution < 1.29 is 0 Å². The van der Waals surface area contributed by atoms with Gasteiger partial charge in [-0.2, -0.15) is 0 Å². The van der Waals surface area contributed by atoms with Gasteiger partial charge in [0.25, 0.3) is 0 Å². The standard InChI is InChI=1S/C5H9N5S/c1-3-6-2-4(11-3)5-7-9-10-8-5/h3-4,6H,2H2,1H3,(H,7,8,9,10)/t3-,4+/m0/s1. The fourth-order valence-corrected chi connectivity index (χ4v) is 2.19. The zero-order chi connectivity index (χ0) is 7.68. The quantitative estimate of drug-likeness (QED) is 0.619. The summed E-state index contributed by atoms with van der Waals surface area (Å²) in [6, 6.07) is 0. The molecule has 0 unspecified atom stereocenters. The Balaban J connectivity index is 2.08. The molecule has 0 aromatic carbocycles. The van der Waals surface area contributed by atoms with Crippen molar-refractivity contribution in [2.75, 3.05) is 6.54 Å². The second-order valence-electron chi connectivity index (χ2n) is 2.46. The number of aromatic nitrogens is 4. The molecule has 1 aromatic rings. The molecule has 1 fully saturated rings. The van der Waals surface area contributed by atoms with Crippen molar-refractivity contribution >= 4 is 11.8 Å². The predicted octanol–water partition coefficient (Wildman–Crippen LogP) is -0.0768. The molecule has 0 saturated carbocycles. The van der Waals surface area contributed by atoms with E-state index in [1.165, 1.54) is 0 Å². The van der Waals surface area contributed by atoms with Gasteiger partial charge in [-0.1, -0.05) is 0 Å². The minimum Gasteiger partial charge on any atom is -0.304 e. The van der Waals surface area contributed by atoms with Gasteiger partial charge in [-0.05, 0) is 17.4 Å². The number of tetrazole rings is 1. The molecule has 2 atom stereocenters. The zero-order valence-electron chi connectivity index (χ0n) is 6.11. The van der Waals surface area contributed by atoms with Gasteiger partial charge in [0.1, 0.15) is 0 Å². The van der Waals surface area contributed by atoms with Crippen LogP contribution in [0.3, 0.4) is 0 Å². The van der Waals surface area contributed by atoms with E-state index in [4.69, 9.17) is 0 Å². The summed E-state index contributed by atoms with van der Waals surface area (Å²) >= 11 is 1.84. The molecule has 2 N–H and O–H groups in total. The van der Waals surface area contributed by atoms with Crippen LogP contribution in [0.15, 0.2) is 0 Å². The third-order valence-electron chi connectivity index (χ3n) is 1.63. The normalized spacial score (nSPS) is 31.0. The Kier molecular flexibility index (Phi) is 1.79. The topological polar surface area (TPSA) is 66.5 Å². The maximum Gasteiger partial charge on any atom is 0.162 e. The number of thioether (sulfide) groups is 1. The lowest BCUT2D eigenvalue weighted by molar-refractivity contribution is 0.706. The van der Waals surface area contributed by atoms with Gasteiger partial charge in [0.05, 0.1) is 10.6 Å². The van der Waals surface area contributed by atoms with Crippen LogP contribution in [-0.2, 0) is 0 Å². The summed E-state index contributed by atoms with van der Waals surface area (Å²) in [5.41, 5.74) is 0. The van der Waals surface area contributed by atoms with Crippen molar-refractivity contribution in [2.24, 2.45) is 0 Å². The van der Waals surface area contributed by atoms with Crippen molar-refractivity contribution in [3.05, 3.63) is 5.82 Å². The van der Waals surface area contributed by atoms with Crippen LogP contribution in [0.25, 0.3) is 0 Å². The second-order valence-corrected chi connectivity index (χ2v) is 4.01. The predicted molar refractivity (Wildman–Crippen MR) is 42.0 cm³/mol. The number of aromatic amines is 1. The number of hydrogen-bond acceptors (Lipinski definition) is 5. The van der Waals surface area contributed by atoms with Gasteiger partial charge in [-0.15, -0.1) is 16.9 Å². The molecule has 0 spiro atoms. The Bertz CT molecular complexity index is 223. The van der Waals surface area contributed by atoms with E-state index in [1.807, 2.05) is 11.8 Å². The minimum atomic E-state index is 0.389. The van der Waals surface area contributed by atoms with Crippen LogP contribution < -0.4 is 5.32 Å². The Morgan fingerprint density at radius 3 is 3.09 bits per heavy atom. The summed E-state index contributed by atoms with van der Waals surface area (Å²) in [7, 11) is 0. The molecule has 6 heteroatoms. The maximum atomic E-state index is 3.86. The number of nitrogens with zero attached hydrogens (tertiary/aromatic N) is 3. The Hall–Kier alpha value is -0.620. The fraction of sp³-hybridized carbons (Fsp3) is 0.800. The van der Waals surface area contributed by atoms with E-state index < -0.39 is 0 Å². The Labute approximate surface area is 68.3 Å². The molecule has 60 valence electrons. The van der Waals surface area contributed by atoms with E-state index in [9.17, 15) is 0 Å². The Morgan fingerprint density at radius 1 is 1.64 bits per heavy atom. The van der Waals surface area contributed by atoms with E-state index in [1.54, 1.807) is 0 Å². The van der Waals surface area contributed by atoms with Crippen LogP contribution in [0.5, 0.6) is 0 Å². The molecule has 0 amide bonds. The van der Waals surface area contributed by atoms with E-state index in [-0.39, 0.29) is 0 Å². The molecule has 5 nitrogen and oxygen atoms in total. The molecule has 2 rings (SSSR count). The van der Waals surface area contributed by atoms with Crippen LogP contribution >= 0.6 is 11.8 Å². The molecule has 1 saturated heterocycles. The van der Waals surface area contributed by atoms with Crippen molar-refractivity contribution in [1.29, 1.82) is 0 Å². The van der Waals surface area contributed by atoms with Crippen LogP contribution in [0.2, 0.25) is 0 Å². The van der Waals surface area contributed by atoms with E-state index >= 15 is 0 Å². The third kappa shape index (κ3) is 1.36. The highest BCUT2D eigenvalue weighted by Gasteiger charge is 2.25. The molecular formula is C5H9N5S. The SMILES string of the molecule is C[C@H]1NC[C@H](c2nnn[nH]2)S1. The lowest BCUT2D eigenvalue weighted by Crippen LogP contribution is -2.15. The summed E-state index contributed by atoms with van der Waals surface area (Å²) in [5, 5.41) is 17.9. The Morgan fingerprint density at radius 2 is 2.55 bits per heavy atom. The third-order valence-corrected chi connectivity index (χ3v) is 2.92. The van der Waals surface area contributed by atoms with Crippen molar-refractivity contribution in [2.45, 2.75) is 17.5 Å². The van der Waals surface area contributed by atoms with Crippen LogP contribution in [-0.4, -0.2) is 32.5 Å². The maximum absolute atomic E-state index is 3.86. The zero-order valence-corrected chi connectivity index (χ0v) is 6.93. The number of rotatable bonds is 1. The van der Waals surface area contributed by atoms with Crippen molar-refractivity contribution in [1.82, 2.24) is 25.9 Å². The van der Waals surface area contributed by atoms with Gasteiger partial charge in [-0.3, -0.25) is 0 Å². The van der Waals surface area contributed by atoms with E-state index in [0.29, 0.717) is 10.6 Å². The molecule has 0 radical (unpaired) electrons. The molecule has 1 aliphatic heterocycles. The first-order valence-electron chi connectivity index (χ1n) is 3.49. The van der Waals surface area contributed by atoms with Gasteiger partial charge >= 0.3 is 0 Å². The molecule has 1 aliphatic rings. The van der Waals surface area contributed by atoms with Crippen molar-refractivity contribution in [3.8, 4) is 0 Å². The first-order valence-corrected chi connectivity index (χ1v) is 4.43. The van der Waals surface area contributed by atoms with Gasteiger partial charge in [-0.25, -0.2) is 5.10 Å². The second kappa shape index (κ2) is 2.78. The summed E-state index contributed by atoms with van der Waals surface area (Å²) in [4.78, 5) is 0. The molecule has 0 bridgehead atoms. The molecule has 1 aromatic heterocycles. The van der Waals surface area contributed by atoms with Gasteiger partial charge in [0.15, 0.2) is 5.82 Å². The molecule has 11 heavy (non-hydrogen) atoms. The largest absolute Gasteiger partial charge is 0.304 e. The number of H-pyrrole nitrogens is 1. The smallest absolute Gasteiger partial charge is 0.162 e. The molecule has 2 heterocycles. The molecule has 0 aliphatic carbocycles. The average molecular weight is 171 g/mol. The number of nitrogens with one attached hydrogen (secondary N) is 2. The van der Waals surface area contributed by atoms with Gasteiger partial charge < -0.3 is 5.32 Å². The average Bonchev–Trinajstić information content (AvgIpc) is 2.55. The molecular weight excluding hydrogens is 162 g/mol. The highest BCUT2D eigenvalue weighted by Crippen LogP contribution is 2.32. The monoisotopic (exact) mass is 171 g/mol. The first-order chi connectivity index (χ1) is 5.36. The lowest BCUT2D eigenvalue weighted by Gasteiger charge is -2.00. The van der Waals surface area contributed by atoms with Crippen LogP contribution in [0.1, 0.15) is 18.0 Å². The van der Waals surface area contributed by atoms with Crippen LogP contribution in [0, 0.1) is 0 Å². The van der Waals surface area contributed by atoms with Gasteiger partial charge in [0.2, 0.25) is 0 Å². The summed E-state index contributed by atoms with van der Waals surface area (Å²) in [6.45, 7) is 3.08. The first kappa shape index (κ1) is 7.05. The van der Waals surface area contributed by atoms with Crippen LogP contribution in [0.4, 0.5) is 0 Å². The summed E-state index contributed by atoms with van der Waals surface area (Å²) in [5.74, 6) is 0.867. The van der Waals surface area contributed by atoms with Crippen molar-refractivity contribution in [3.63, 3.8) is 0 Å². The van der Waals surface area contributed by atoms with E-state index in [2.05, 4.69) is 32.9 Å². The summed E-state index contributed by atoms with van der Waals surface area (Å²) in [6.07, 6.45) is 0. The minimum absolute atomic E-state index is 0.389.